The van der Waals surface area contributed by atoms with Crippen molar-refractivity contribution in [1.82, 2.24) is 0 Å². The van der Waals surface area contributed by atoms with Crippen molar-refractivity contribution in [1.29, 1.82) is 0 Å². The van der Waals surface area contributed by atoms with E-state index < -0.39 is 11.7 Å². The molecule has 1 rings (SSSR count). The average molecular weight is 201 g/mol. The van der Waals surface area contributed by atoms with Crippen LogP contribution in [0.4, 0.5) is 4.79 Å². The molecule has 0 heterocycles. The topological polar surface area (TPSA) is 46.5 Å². The highest BCUT2D eigenvalue weighted by atomic mass is 35.5. The highest BCUT2D eigenvalue weighted by Crippen LogP contribution is 2.09. The minimum absolute atomic E-state index is 0.384. The number of alkyl halides is 1. The zero-order valence-corrected chi connectivity index (χ0v) is 7.57. The summed E-state index contributed by atoms with van der Waals surface area (Å²) in [5, 5.41) is 8.26. The molecule has 0 spiro atoms. The number of benzene rings is 1. The van der Waals surface area contributed by atoms with Crippen LogP contribution < -0.4 is 0 Å². The number of halogens is 1. The fourth-order valence-electron chi connectivity index (χ4n) is 0.950. The van der Waals surface area contributed by atoms with Crippen molar-refractivity contribution in [3.63, 3.8) is 0 Å². The van der Waals surface area contributed by atoms with Crippen molar-refractivity contribution < 1.29 is 14.6 Å². The second kappa shape index (κ2) is 4.72. The molecule has 0 amide bonds. The van der Waals surface area contributed by atoms with E-state index in [4.69, 9.17) is 16.7 Å². The van der Waals surface area contributed by atoms with E-state index in [-0.39, 0.29) is 0 Å². The maximum atomic E-state index is 10.1. The average Bonchev–Trinajstić information content (AvgIpc) is 2.04. The maximum Gasteiger partial charge on any atom is 0.507 e. The van der Waals surface area contributed by atoms with Crippen LogP contribution in [-0.2, 0) is 11.2 Å². The molecular formula is C9H9ClO3. The molecule has 0 aliphatic carbocycles. The lowest BCUT2D eigenvalue weighted by atomic mass is 10.2. The van der Waals surface area contributed by atoms with Crippen LogP contribution in [0, 0.1) is 0 Å². The van der Waals surface area contributed by atoms with Crippen molar-refractivity contribution in [2.24, 2.45) is 0 Å². The lowest BCUT2D eigenvalue weighted by Gasteiger charge is -2.07. The molecule has 0 saturated carbocycles. The van der Waals surface area contributed by atoms with Crippen LogP contribution in [0.15, 0.2) is 30.3 Å². The molecule has 70 valence electrons. The lowest BCUT2D eigenvalue weighted by Crippen LogP contribution is -2.12. The summed E-state index contributed by atoms with van der Waals surface area (Å²) in [5.41, 5.74) is 0.128. The summed E-state index contributed by atoms with van der Waals surface area (Å²) < 4.78 is 4.34. The Hall–Kier alpha value is -1.22. The molecule has 0 aliphatic rings. The van der Waals surface area contributed by atoms with Gasteiger partial charge in [-0.3, -0.25) is 0 Å². The summed E-state index contributed by atoms with van der Waals surface area (Å²) in [6, 6.07) is 9.32. The first-order valence-corrected chi connectivity index (χ1v) is 4.19. The van der Waals surface area contributed by atoms with E-state index in [0.29, 0.717) is 6.42 Å². The highest BCUT2D eigenvalue weighted by molar-refractivity contribution is 6.20. The summed E-state index contributed by atoms with van der Waals surface area (Å²) in [4.78, 5) is 10.1. The third kappa shape index (κ3) is 3.80. The Kier molecular flexibility index (Phi) is 3.58. The second-order valence-corrected chi connectivity index (χ2v) is 2.97. The monoisotopic (exact) mass is 200 g/mol. The van der Waals surface area contributed by atoms with Crippen LogP contribution in [0.25, 0.3) is 0 Å². The van der Waals surface area contributed by atoms with E-state index in [1.54, 1.807) is 0 Å². The van der Waals surface area contributed by atoms with Gasteiger partial charge < -0.3 is 9.84 Å². The fourth-order valence-corrected chi connectivity index (χ4v) is 1.20. The minimum Gasteiger partial charge on any atom is -0.450 e. The van der Waals surface area contributed by atoms with Gasteiger partial charge in [-0.2, -0.15) is 0 Å². The number of ether oxygens (including phenoxy) is 1. The molecule has 0 aliphatic heterocycles. The molecule has 0 fully saturated rings. The van der Waals surface area contributed by atoms with E-state index in [2.05, 4.69) is 4.74 Å². The van der Waals surface area contributed by atoms with Crippen LogP contribution in [0.1, 0.15) is 5.56 Å². The molecule has 0 radical (unpaired) electrons. The van der Waals surface area contributed by atoms with Gasteiger partial charge in [-0.15, -0.1) is 0 Å². The molecule has 0 bridgehead atoms. The molecular weight excluding hydrogens is 192 g/mol. The van der Waals surface area contributed by atoms with E-state index >= 15 is 0 Å². The van der Waals surface area contributed by atoms with E-state index in [0.717, 1.165) is 5.56 Å². The van der Waals surface area contributed by atoms with Crippen LogP contribution in [0.3, 0.4) is 0 Å². The number of hydrogen-bond acceptors (Lipinski definition) is 2. The number of rotatable bonds is 3. The van der Waals surface area contributed by atoms with E-state index in [1.807, 2.05) is 30.3 Å². The zero-order valence-electron chi connectivity index (χ0n) is 6.81. The summed E-state index contributed by atoms with van der Waals surface area (Å²) >= 11 is 5.61. The van der Waals surface area contributed by atoms with Crippen LogP contribution in [0.5, 0.6) is 0 Å². The van der Waals surface area contributed by atoms with Crippen molar-refractivity contribution >= 4 is 17.8 Å². The molecule has 1 aromatic carbocycles. The van der Waals surface area contributed by atoms with Gasteiger partial charge in [0.2, 0.25) is 0 Å². The lowest BCUT2D eigenvalue weighted by molar-refractivity contribution is 0.0800. The van der Waals surface area contributed by atoms with Gasteiger partial charge in [-0.25, -0.2) is 4.79 Å². The van der Waals surface area contributed by atoms with Crippen LogP contribution in [0.2, 0.25) is 0 Å². The quantitative estimate of drug-likeness (QED) is 0.602. The number of hydrogen-bond donors (Lipinski definition) is 1. The van der Waals surface area contributed by atoms with Gasteiger partial charge in [-0.05, 0) is 5.56 Å². The minimum atomic E-state index is -1.35. The van der Waals surface area contributed by atoms with Crippen LogP contribution in [-0.4, -0.2) is 16.8 Å². The Morgan fingerprint density at radius 3 is 2.62 bits per heavy atom. The molecule has 13 heavy (non-hydrogen) atoms. The molecule has 4 heteroatoms. The third-order valence-electron chi connectivity index (χ3n) is 1.47. The van der Waals surface area contributed by atoms with Gasteiger partial charge in [0.25, 0.3) is 0 Å². The summed E-state index contributed by atoms with van der Waals surface area (Å²) in [5.74, 6) is 0. The molecule has 3 nitrogen and oxygen atoms in total. The van der Waals surface area contributed by atoms with Crippen molar-refractivity contribution in [3.05, 3.63) is 35.9 Å². The highest BCUT2D eigenvalue weighted by Gasteiger charge is 2.09. The SMILES string of the molecule is O=C(O)OC(Cl)Cc1ccccc1. The molecule has 0 saturated heterocycles. The second-order valence-electron chi connectivity index (χ2n) is 2.48. The van der Waals surface area contributed by atoms with Crippen molar-refractivity contribution in [2.45, 2.75) is 12.0 Å². The first-order chi connectivity index (χ1) is 6.18. The molecule has 1 aromatic rings. The Morgan fingerprint density at radius 1 is 1.46 bits per heavy atom. The molecule has 1 atom stereocenters. The van der Waals surface area contributed by atoms with Gasteiger partial charge in [0.05, 0.1) is 0 Å². The maximum absolute atomic E-state index is 10.1. The fraction of sp³-hybridized carbons (Fsp3) is 0.222. The van der Waals surface area contributed by atoms with Gasteiger partial charge in [-0.1, -0.05) is 41.9 Å². The third-order valence-corrected chi connectivity index (χ3v) is 1.71. The van der Waals surface area contributed by atoms with E-state index in [1.165, 1.54) is 0 Å². The van der Waals surface area contributed by atoms with Gasteiger partial charge in [0.15, 0.2) is 5.56 Å². The van der Waals surface area contributed by atoms with Crippen LogP contribution >= 0.6 is 11.6 Å². The van der Waals surface area contributed by atoms with Gasteiger partial charge >= 0.3 is 6.16 Å². The van der Waals surface area contributed by atoms with Gasteiger partial charge in [0.1, 0.15) is 0 Å². The van der Waals surface area contributed by atoms with Crippen molar-refractivity contribution in [3.8, 4) is 0 Å². The normalized spacial score (nSPS) is 12.1. The first-order valence-electron chi connectivity index (χ1n) is 3.76. The van der Waals surface area contributed by atoms with Crippen molar-refractivity contribution in [2.75, 3.05) is 0 Å². The number of carboxylic acid groups (broad SMARTS) is 1. The summed E-state index contributed by atoms with van der Waals surface area (Å²) in [6.45, 7) is 0. The number of carbonyl (C=O) groups is 1. The Morgan fingerprint density at radius 2 is 2.08 bits per heavy atom. The summed E-state index contributed by atoms with van der Waals surface area (Å²) in [7, 11) is 0. The Labute approximate surface area is 80.9 Å². The standard InChI is InChI=1S/C9H9ClO3/c10-8(13-9(11)12)6-7-4-2-1-3-5-7/h1-5,8H,6H2,(H,11,12). The molecule has 0 aromatic heterocycles. The largest absolute Gasteiger partial charge is 0.507 e. The molecule has 1 unspecified atom stereocenters. The zero-order chi connectivity index (χ0) is 9.68. The Balaban J connectivity index is 2.45. The van der Waals surface area contributed by atoms with E-state index in [9.17, 15) is 4.79 Å². The van der Waals surface area contributed by atoms with Gasteiger partial charge in [0, 0.05) is 6.42 Å². The smallest absolute Gasteiger partial charge is 0.450 e. The predicted molar refractivity (Wildman–Crippen MR) is 48.9 cm³/mol. The predicted octanol–water partition coefficient (Wildman–Crippen LogP) is 2.49. The first kappa shape index (κ1) is 9.86. The molecule has 1 N–H and O–H groups in total. The Bertz CT molecular complexity index is 273. The summed E-state index contributed by atoms with van der Waals surface area (Å²) in [6.07, 6.45) is -0.967.